The van der Waals surface area contributed by atoms with Gasteiger partial charge in [-0.3, -0.25) is 5.10 Å². The Morgan fingerprint density at radius 2 is 2.42 bits per heavy atom. The Labute approximate surface area is 79.5 Å². The number of aromatic amines is 1. The monoisotopic (exact) mass is 230 g/mol. The Hall–Kier alpha value is -0.580. The van der Waals surface area contributed by atoms with Crippen molar-refractivity contribution in [2.75, 3.05) is 18.5 Å². The van der Waals surface area contributed by atoms with Gasteiger partial charge in [-0.15, -0.1) is 5.10 Å². The summed E-state index contributed by atoms with van der Waals surface area (Å²) < 4.78 is 0.695. The second-order valence-electron chi connectivity index (χ2n) is 3.25. The van der Waals surface area contributed by atoms with E-state index in [9.17, 15) is 0 Å². The molecule has 0 radical (unpaired) electrons. The van der Waals surface area contributed by atoms with Gasteiger partial charge in [-0.05, 0) is 34.7 Å². The zero-order valence-corrected chi connectivity index (χ0v) is 8.50. The summed E-state index contributed by atoms with van der Waals surface area (Å²) in [5, 5.41) is 6.80. The fourth-order valence-electron chi connectivity index (χ4n) is 1.17. The van der Waals surface area contributed by atoms with Gasteiger partial charge in [0.25, 0.3) is 0 Å². The highest BCUT2D eigenvalue weighted by atomic mass is 79.9. The smallest absolute Gasteiger partial charge is 0.245 e. The molecule has 2 rings (SSSR count). The van der Waals surface area contributed by atoms with E-state index in [1.807, 2.05) is 7.05 Å². The number of hydrogen-bond donors (Lipinski definition) is 1. The largest absolute Gasteiger partial charge is 0.342 e. The van der Waals surface area contributed by atoms with E-state index in [0.717, 1.165) is 18.4 Å². The van der Waals surface area contributed by atoms with E-state index >= 15 is 0 Å². The minimum absolute atomic E-state index is 0.695. The molecule has 0 spiro atoms. The quantitative estimate of drug-likeness (QED) is 0.855. The van der Waals surface area contributed by atoms with Crippen molar-refractivity contribution >= 4 is 21.9 Å². The number of halogens is 1. The summed E-state index contributed by atoms with van der Waals surface area (Å²) in [6.45, 7) is 1.07. The second-order valence-corrected chi connectivity index (χ2v) is 4.00. The third kappa shape index (κ3) is 1.77. The molecule has 1 fully saturated rings. The van der Waals surface area contributed by atoms with Crippen LogP contribution in [0.4, 0.5) is 5.95 Å². The van der Waals surface area contributed by atoms with Gasteiger partial charge in [0, 0.05) is 13.6 Å². The van der Waals surface area contributed by atoms with Gasteiger partial charge in [-0.1, -0.05) is 0 Å². The maximum Gasteiger partial charge on any atom is 0.245 e. The topological polar surface area (TPSA) is 44.8 Å². The van der Waals surface area contributed by atoms with Crippen LogP contribution in [0.25, 0.3) is 0 Å². The van der Waals surface area contributed by atoms with E-state index in [2.05, 4.69) is 36.0 Å². The molecule has 1 aromatic heterocycles. The van der Waals surface area contributed by atoms with Crippen LogP contribution in [0.5, 0.6) is 0 Å². The summed E-state index contributed by atoms with van der Waals surface area (Å²) in [7, 11) is 2.02. The van der Waals surface area contributed by atoms with Crippen molar-refractivity contribution in [3.63, 3.8) is 0 Å². The first-order valence-corrected chi connectivity index (χ1v) is 4.84. The third-order valence-electron chi connectivity index (χ3n) is 2.02. The van der Waals surface area contributed by atoms with E-state index in [1.165, 1.54) is 12.8 Å². The van der Waals surface area contributed by atoms with Gasteiger partial charge in [0.1, 0.15) is 0 Å². The Morgan fingerprint density at radius 1 is 1.67 bits per heavy atom. The molecule has 1 aliphatic carbocycles. The second kappa shape index (κ2) is 3.05. The highest BCUT2D eigenvalue weighted by molar-refractivity contribution is 9.10. The predicted octanol–water partition coefficient (Wildman–Crippen LogP) is 1.41. The lowest BCUT2D eigenvalue weighted by Crippen LogP contribution is -2.21. The van der Waals surface area contributed by atoms with Crippen molar-refractivity contribution < 1.29 is 0 Å². The lowest BCUT2D eigenvalue weighted by molar-refractivity contribution is 0.766. The predicted molar refractivity (Wildman–Crippen MR) is 50.1 cm³/mol. The van der Waals surface area contributed by atoms with Crippen LogP contribution < -0.4 is 4.90 Å². The molecule has 4 nitrogen and oxygen atoms in total. The summed E-state index contributed by atoms with van der Waals surface area (Å²) in [6.07, 6.45) is 2.71. The zero-order chi connectivity index (χ0) is 8.55. The van der Waals surface area contributed by atoms with Crippen molar-refractivity contribution in [2.45, 2.75) is 12.8 Å². The van der Waals surface area contributed by atoms with Gasteiger partial charge in [0.2, 0.25) is 5.95 Å². The van der Waals surface area contributed by atoms with Crippen molar-refractivity contribution in [3.8, 4) is 0 Å². The van der Waals surface area contributed by atoms with Crippen molar-refractivity contribution in [3.05, 3.63) is 4.73 Å². The minimum atomic E-state index is 0.695. The molecule has 0 aliphatic heterocycles. The number of nitrogens with one attached hydrogen (secondary N) is 1. The number of rotatable bonds is 3. The summed E-state index contributed by atoms with van der Waals surface area (Å²) in [5.41, 5.74) is 0. The number of H-pyrrole nitrogens is 1. The van der Waals surface area contributed by atoms with Crippen LogP contribution in [-0.2, 0) is 0 Å². The number of aromatic nitrogens is 3. The SMILES string of the molecule is CN(CC1CC1)c1n[nH]c(Br)n1. The lowest BCUT2D eigenvalue weighted by Gasteiger charge is -2.12. The van der Waals surface area contributed by atoms with E-state index in [4.69, 9.17) is 0 Å². The van der Waals surface area contributed by atoms with Crippen LogP contribution in [0.3, 0.4) is 0 Å². The van der Waals surface area contributed by atoms with Crippen LogP contribution in [0.15, 0.2) is 4.73 Å². The molecular weight excluding hydrogens is 220 g/mol. The first-order chi connectivity index (χ1) is 5.75. The first-order valence-electron chi connectivity index (χ1n) is 4.05. The average molecular weight is 231 g/mol. The minimum Gasteiger partial charge on any atom is -0.342 e. The zero-order valence-electron chi connectivity index (χ0n) is 6.92. The van der Waals surface area contributed by atoms with Gasteiger partial charge in [0.05, 0.1) is 0 Å². The summed E-state index contributed by atoms with van der Waals surface area (Å²) in [5.74, 6) is 1.64. The molecule has 66 valence electrons. The van der Waals surface area contributed by atoms with Crippen LogP contribution in [-0.4, -0.2) is 28.8 Å². The molecule has 0 atom stereocenters. The van der Waals surface area contributed by atoms with Crippen LogP contribution in [0.2, 0.25) is 0 Å². The van der Waals surface area contributed by atoms with Gasteiger partial charge >= 0.3 is 0 Å². The molecule has 1 N–H and O–H groups in total. The third-order valence-corrected chi connectivity index (χ3v) is 2.37. The summed E-state index contributed by atoms with van der Waals surface area (Å²) in [6, 6.07) is 0. The Balaban J connectivity index is 1.97. The molecule has 5 heteroatoms. The highest BCUT2D eigenvalue weighted by Gasteiger charge is 2.23. The van der Waals surface area contributed by atoms with Gasteiger partial charge in [0.15, 0.2) is 4.73 Å². The molecule has 0 unspecified atom stereocenters. The van der Waals surface area contributed by atoms with Crippen LogP contribution in [0, 0.1) is 5.92 Å². The molecule has 1 saturated carbocycles. The van der Waals surface area contributed by atoms with E-state index in [0.29, 0.717) is 4.73 Å². The molecule has 0 amide bonds. The summed E-state index contributed by atoms with van der Waals surface area (Å²) in [4.78, 5) is 6.25. The van der Waals surface area contributed by atoms with Crippen molar-refractivity contribution in [1.29, 1.82) is 0 Å². The standard InChI is InChI=1S/C7H11BrN4/c1-12(4-5-2-3-5)7-9-6(8)10-11-7/h5H,2-4H2,1H3,(H,9,10,11). The average Bonchev–Trinajstić information content (AvgIpc) is 2.72. The molecule has 1 aliphatic rings. The number of anilines is 1. The first kappa shape index (κ1) is 8.04. The fourth-order valence-corrected chi connectivity index (χ4v) is 1.42. The number of hydrogen-bond acceptors (Lipinski definition) is 3. The Kier molecular flexibility index (Phi) is 2.04. The van der Waals surface area contributed by atoms with Crippen LogP contribution in [0.1, 0.15) is 12.8 Å². The van der Waals surface area contributed by atoms with Crippen molar-refractivity contribution in [1.82, 2.24) is 15.2 Å². The maximum absolute atomic E-state index is 4.17. The molecule has 0 saturated heterocycles. The normalized spacial score (nSPS) is 16.5. The van der Waals surface area contributed by atoms with E-state index in [-0.39, 0.29) is 0 Å². The molecule has 0 bridgehead atoms. The Morgan fingerprint density at radius 3 is 2.92 bits per heavy atom. The molecule has 1 heterocycles. The number of nitrogens with zero attached hydrogens (tertiary/aromatic N) is 3. The molecule has 1 aromatic rings. The molecule has 12 heavy (non-hydrogen) atoms. The summed E-state index contributed by atoms with van der Waals surface area (Å²) >= 11 is 3.23. The highest BCUT2D eigenvalue weighted by Crippen LogP contribution is 2.30. The van der Waals surface area contributed by atoms with Gasteiger partial charge in [-0.25, -0.2) is 0 Å². The Bertz CT molecular complexity index is 268. The van der Waals surface area contributed by atoms with E-state index < -0.39 is 0 Å². The molecule has 0 aromatic carbocycles. The van der Waals surface area contributed by atoms with E-state index in [1.54, 1.807) is 0 Å². The maximum atomic E-state index is 4.17. The fraction of sp³-hybridized carbons (Fsp3) is 0.714. The van der Waals surface area contributed by atoms with Crippen molar-refractivity contribution in [2.24, 2.45) is 5.92 Å². The van der Waals surface area contributed by atoms with Gasteiger partial charge < -0.3 is 4.90 Å². The molecular formula is C7H11BrN4. The van der Waals surface area contributed by atoms with Gasteiger partial charge in [-0.2, -0.15) is 4.98 Å². The lowest BCUT2D eigenvalue weighted by atomic mass is 10.4. The van der Waals surface area contributed by atoms with Crippen LogP contribution >= 0.6 is 15.9 Å².